The number of hydrogen-bond acceptors (Lipinski definition) is 4. The summed E-state index contributed by atoms with van der Waals surface area (Å²) in [7, 11) is 0. The van der Waals surface area contributed by atoms with Crippen LogP contribution < -0.4 is 11.1 Å². The molecule has 0 aliphatic rings. The number of aliphatic carboxylic acids is 1. The summed E-state index contributed by atoms with van der Waals surface area (Å²) in [6, 6.07) is 0. The Balaban J connectivity index is 4.19. The zero-order valence-corrected chi connectivity index (χ0v) is 8.99. The minimum absolute atomic E-state index is 0.326. The molecule has 88 valence electrons. The first-order valence-corrected chi connectivity index (χ1v) is 4.85. The molecular formula is C9H18N2O4. The lowest BCUT2D eigenvalue weighted by atomic mass is 9.93. The first-order valence-electron chi connectivity index (χ1n) is 4.85. The molecule has 0 spiro atoms. The van der Waals surface area contributed by atoms with E-state index in [2.05, 4.69) is 5.32 Å². The van der Waals surface area contributed by atoms with Crippen molar-refractivity contribution in [3.63, 3.8) is 0 Å². The van der Waals surface area contributed by atoms with Crippen molar-refractivity contribution in [1.29, 1.82) is 0 Å². The van der Waals surface area contributed by atoms with E-state index < -0.39 is 23.5 Å². The van der Waals surface area contributed by atoms with Gasteiger partial charge in [0.2, 0.25) is 5.91 Å². The highest BCUT2D eigenvalue weighted by molar-refractivity contribution is 5.86. The Kier molecular flexibility index (Phi) is 5.24. The summed E-state index contributed by atoms with van der Waals surface area (Å²) < 4.78 is 0. The third-order valence-electron chi connectivity index (χ3n) is 2.46. The van der Waals surface area contributed by atoms with Crippen molar-refractivity contribution in [2.75, 3.05) is 6.54 Å². The number of amides is 1. The molecule has 15 heavy (non-hydrogen) atoms. The van der Waals surface area contributed by atoms with E-state index >= 15 is 0 Å². The maximum Gasteiger partial charge on any atom is 0.334 e. The number of carboxylic acid groups (broad SMARTS) is 1. The van der Waals surface area contributed by atoms with Crippen LogP contribution in [0.1, 0.15) is 26.7 Å². The van der Waals surface area contributed by atoms with Crippen LogP contribution in [0.5, 0.6) is 0 Å². The first kappa shape index (κ1) is 13.9. The molecule has 0 bridgehead atoms. The van der Waals surface area contributed by atoms with Crippen LogP contribution in [0.15, 0.2) is 0 Å². The Hall–Kier alpha value is -1.14. The summed E-state index contributed by atoms with van der Waals surface area (Å²) in [5.74, 6) is -1.81. The van der Waals surface area contributed by atoms with Gasteiger partial charge >= 0.3 is 5.97 Å². The topological polar surface area (TPSA) is 113 Å². The smallest absolute Gasteiger partial charge is 0.334 e. The van der Waals surface area contributed by atoms with Crippen molar-refractivity contribution < 1.29 is 19.8 Å². The third-order valence-corrected chi connectivity index (χ3v) is 2.46. The molecule has 6 heteroatoms. The number of nitrogens with one attached hydrogen (secondary N) is 1. The van der Waals surface area contributed by atoms with E-state index in [0.29, 0.717) is 12.8 Å². The number of aliphatic hydroxyl groups is 1. The molecule has 0 radical (unpaired) electrons. The van der Waals surface area contributed by atoms with Crippen LogP contribution in [0.4, 0.5) is 0 Å². The van der Waals surface area contributed by atoms with E-state index in [0.717, 1.165) is 0 Å². The fourth-order valence-electron chi connectivity index (χ4n) is 1.02. The van der Waals surface area contributed by atoms with Gasteiger partial charge in [0.1, 0.15) is 0 Å². The van der Waals surface area contributed by atoms with E-state index in [1.54, 1.807) is 13.8 Å². The molecule has 1 amide bonds. The molecule has 0 unspecified atom stereocenters. The predicted molar refractivity (Wildman–Crippen MR) is 54.2 cm³/mol. The zero-order valence-electron chi connectivity index (χ0n) is 8.99. The van der Waals surface area contributed by atoms with Crippen molar-refractivity contribution in [3.05, 3.63) is 0 Å². The fourth-order valence-corrected chi connectivity index (χ4v) is 1.02. The lowest BCUT2D eigenvalue weighted by molar-refractivity contribution is -0.146. The van der Waals surface area contributed by atoms with Gasteiger partial charge in [-0.2, -0.15) is 0 Å². The zero-order chi connectivity index (χ0) is 12.1. The second kappa shape index (κ2) is 5.67. The summed E-state index contributed by atoms with van der Waals surface area (Å²) in [4.78, 5) is 21.8. The molecule has 5 N–H and O–H groups in total. The lowest BCUT2D eigenvalue weighted by Crippen LogP contribution is -2.54. The molecule has 0 aliphatic carbocycles. The van der Waals surface area contributed by atoms with Crippen molar-refractivity contribution in [3.8, 4) is 0 Å². The number of carbonyl (C=O) groups excluding carboxylic acids is 1. The maximum atomic E-state index is 11.5. The first-order chi connectivity index (χ1) is 6.87. The molecule has 1 atom stereocenters. The predicted octanol–water partition coefficient (Wildman–Crippen LogP) is -0.934. The van der Waals surface area contributed by atoms with Crippen LogP contribution in [0.3, 0.4) is 0 Å². The van der Waals surface area contributed by atoms with Gasteiger partial charge in [-0.3, -0.25) is 4.79 Å². The highest BCUT2D eigenvalue weighted by atomic mass is 16.4. The Morgan fingerprint density at radius 3 is 2.20 bits per heavy atom. The monoisotopic (exact) mass is 218 g/mol. The van der Waals surface area contributed by atoms with Crippen LogP contribution in [0.25, 0.3) is 0 Å². The van der Waals surface area contributed by atoms with E-state index in [9.17, 15) is 9.59 Å². The summed E-state index contributed by atoms with van der Waals surface area (Å²) in [6.07, 6.45) is -0.677. The number of carbonyl (C=O) groups is 2. The molecule has 0 fully saturated rings. The Labute approximate surface area is 88.5 Å². The molecule has 0 heterocycles. The number of hydrogen-bond donors (Lipinski definition) is 4. The third kappa shape index (κ3) is 3.85. The molecule has 0 saturated carbocycles. The van der Waals surface area contributed by atoms with Crippen LogP contribution in [-0.2, 0) is 9.59 Å². The standard InChI is InChI=1S/C9H18N2O4/c1-3-9(10,4-2)8(15)11-5-6(12)7(13)14/h6,12H,3-5,10H2,1-2H3,(H,11,15)(H,13,14)/t6-/m0/s1. The van der Waals surface area contributed by atoms with E-state index in [4.69, 9.17) is 15.9 Å². The van der Waals surface area contributed by atoms with Crippen molar-refractivity contribution >= 4 is 11.9 Å². The van der Waals surface area contributed by atoms with Crippen LogP contribution in [0, 0.1) is 0 Å². The SMILES string of the molecule is CCC(N)(CC)C(=O)NC[C@H](O)C(=O)O. The minimum Gasteiger partial charge on any atom is -0.479 e. The molecule has 6 nitrogen and oxygen atoms in total. The average Bonchev–Trinajstić information content (AvgIpc) is 2.23. The highest BCUT2D eigenvalue weighted by Crippen LogP contribution is 2.10. The van der Waals surface area contributed by atoms with Gasteiger partial charge in [-0.05, 0) is 12.8 Å². The molecule has 0 aromatic carbocycles. The quantitative estimate of drug-likeness (QED) is 0.460. The number of aliphatic hydroxyl groups excluding tert-OH is 1. The van der Waals surface area contributed by atoms with Gasteiger partial charge in [0.05, 0.1) is 12.1 Å². The van der Waals surface area contributed by atoms with Gasteiger partial charge in [-0.15, -0.1) is 0 Å². The fraction of sp³-hybridized carbons (Fsp3) is 0.778. The molecule has 0 aromatic rings. The van der Waals surface area contributed by atoms with E-state index in [1.807, 2.05) is 0 Å². The van der Waals surface area contributed by atoms with Gasteiger partial charge < -0.3 is 21.3 Å². The van der Waals surface area contributed by atoms with Crippen LogP contribution in [-0.4, -0.2) is 40.3 Å². The van der Waals surface area contributed by atoms with E-state index in [-0.39, 0.29) is 6.54 Å². The lowest BCUT2D eigenvalue weighted by Gasteiger charge is -2.25. The molecular weight excluding hydrogens is 200 g/mol. The summed E-state index contributed by atoms with van der Waals surface area (Å²) in [6.45, 7) is 3.22. The number of carboxylic acids is 1. The van der Waals surface area contributed by atoms with Gasteiger partial charge in [0.15, 0.2) is 6.10 Å². The summed E-state index contributed by atoms with van der Waals surface area (Å²) >= 11 is 0. The van der Waals surface area contributed by atoms with Gasteiger partial charge in [-0.1, -0.05) is 13.8 Å². The van der Waals surface area contributed by atoms with Gasteiger partial charge in [-0.25, -0.2) is 4.79 Å². The molecule has 0 aromatic heterocycles. The maximum absolute atomic E-state index is 11.5. The molecule has 0 saturated heterocycles. The number of rotatable bonds is 6. The van der Waals surface area contributed by atoms with Gasteiger partial charge in [0.25, 0.3) is 0 Å². The summed E-state index contributed by atoms with van der Waals surface area (Å²) in [5, 5.41) is 19.6. The van der Waals surface area contributed by atoms with Crippen molar-refractivity contribution in [2.45, 2.75) is 38.3 Å². The second-order valence-electron chi connectivity index (χ2n) is 3.43. The highest BCUT2D eigenvalue weighted by Gasteiger charge is 2.30. The normalized spacial score (nSPS) is 13.3. The van der Waals surface area contributed by atoms with Gasteiger partial charge in [0, 0.05) is 0 Å². The van der Waals surface area contributed by atoms with Crippen molar-refractivity contribution in [1.82, 2.24) is 5.32 Å². The Morgan fingerprint density at radius 1 is 1.40 bits per heavy atom. The largest absolute Gasteiger partial charge is 0.479 e. The van der Waals surface area contributed by atoms with Crippen LogP contribution in [0.2, 0.25) is 0 Å². The summed E-state index contributed by atoms with van der Waals surface area (Å²) in [5.41, 5.74) is 4.77. The van der Waals surface area contributed by atoms with Crippen molar-refractivity contribution in [2.24, 2.45) is 5.73 Å². The number of nitrogens with two attached hydrogens (primary N) is 1. The van der Waals surface area contributed by atoms with Crippen LogP contribution >= 0.6 is 0 Å². The Morgan fingerprint density at radius 2 is 1.87 bits per heavy atom. The average molecular weight is 218 g/mol. The molecule has 0 aliphatic heterocycles. The second-order valence-corrected chi connectivity index (χ2v) is 3.43. The van der Waals surface area contributed by atoms with E-state index in [1.165, 1.54) is 0 Å². The minimum atomic E-state index is -1.59. The molecule has 0 rings (SSSR count). The Bertz CT molecular complexity index is 238.